The fourth-order valence-corrected chi connectivity index (χ4v) is 2.66. The summed E-state index contributed by atoms with van der Waals surface area (Å²) in [5, 5.41) is 15.1. The van der Waals surface area contributed by atoms with Crippen LogP contribution in [0, 0.1) is 13.8 Å². The van der Waals surface area contributed by atoms with Crippen LogP contribution in [0.5, 0.6) is 0 Å². The fraction of sp³-hybridized carbons (Fsp3) is 0.188. The third-order valence-corrected chi connectivity index (χ3v) is 3.52. The second-order valence-electron chi connectivity index (χ2n) is 5.26. The van der Waals surface area contributed by atoms with Gasteiger partial charge >= 0.3 is 0 Å². The number of hydrazine groups is 1. The maximum atomic E-state index is 4.60. The van der Waals surface area contributed by atoms with E-state index in [1.54, 1.807) is 13.2 Å². The van der Waals surface area contributed by atoms with Crippen LogP contribution >= 0.6 is 0 Å². The number of nitrogens with two attached hydrogens (primary N) is 1. The van der Waals surface area contributed by atoms with E-state index < -0.39 is 0 Å². The molecule has 23 heavy (non-hydrogen) atoms. The smallest absolute Gasteiger partial charge is 0.200 e. The minimum absolute atomic E-state index is 0.740. The third-order valence-electron chi connectivity index (χ3n) is 3.52. The lowest BCUT2D eigenvalue weighted by atomic mass is 10.2. The van der Waals surface area contributed by atoms with E-state index in [2.05, 4.69) is 43.7 Å². The van der Waals surface area contributed by atoms with Crippen LogP contribution < -0.4 is 11.3 Å². The van der Waals surface area contributed by atoms with Gasteiger partial charge in [-0.05, 0) is 33.0 Å². The number of aromatic amines is 1. The Balaban J connectivity index is 0.000000485. The zero-order valence-corrected chi connectivity index (χ0v) is 13.3. The van der Waals surface area contributed by atoms with Crippen LogP contribution in [0.15, 0.2) is 36.5 Å². The first kappa shape index (κ1) is 15.1. The number of fused-ring (bicyclic) bond motifs is 3. The molecule has 0 unspecified atom stereocenters. The quantitative estimate of drug-likeness (QED) is 0.369. The van der Waals surface area contributed by atoms with Crippen molar-refractivity contribution in [3.8, 4) is 5.82 Å². The van der Waals surface area contributed by atoms with Crippen molar-refractivity contribution in [2.75, 3.05) is 7.05 Å². The van der Waals surface area contributed by atoms with Gasteiger partial charge in [-0.3, -0.25) is 11.3 Å². The van der Waals surface area contributed by atoms with Crippen molar-refractivity contribution >= 4 is 21.8 Å². The molecule has 0 bridgehead atoms. The number of nitrogens with zero attached hydrogens (tertiary/aromatic N) is 4. The molecule has 0 aliphatic carbocycles. The summed E-state index contributed by atoms with van der Waals surface area (Å²) in [5.74, 6) is 5.34. The summed E-state index contributed by atoms with van der Waals surface area (Å²) in [6.07, 6.45) is 1.79. The van der Waals surface area contributed by atoms with Crippen molar-refractivity contribution < 1.29 is 0 Å². The van der Waals surface area contributed by atoms with Gasteiger partial charge in [-0.25, -0.2) is 4.68 Å². The van der Waals surface area contributed by atoms with Crippen LogP contribution in [-0.4, -0.2) is 32.0 Å². The number of rotatable bonds is 1. The van der Waals surface area contributed by atoms with E-state index in [9.17, 15) is 0 Å². The van der Waals surface area contributed by atoms with Gasteiger partial charge in [-0.15, -0.1) is 5.10 Å². The topological polar surface area (TPSA) is 97.4 Å². The normalized spacial score (nSPS) is 10.8. The minimum atomic E-state index is 0.740. The van der Waals surface area contributed by atoms with Crippen LogP contribution in [0.25, 0.3) is 27.6 Å². The van der Waals surface area contributed by atoms with Gasteiger partial charge in [-0.2, -0.15) is 10.2 Å². The summed E-state index contributed by atoms with van der Waals surface area (Å²) in [4.78, 5) is 3.42. The largest absolute Gasteiger partial charge is 0.351 e. The van der Waals surface area contributed by atoms with E-state index >= 15 is 0 Å². The lowest BCUT2D eigenvalue weighted by Gasteiger charge is -2.03. The van der Waals surface area contributed by atoms with Crippen LogP contribution in [-0.2, 0) is 0 Å². The highest BCUT2D eigenvalue weighted by Gasteiger charge is 2.13. The lowest BCUT2D eigenvalue weighted by molar-refractivity contribution is 0.789. The molecular formula is C16H19N7. The molecule has 1 aromatic carbocycles. The molecule has 0 radical (unpaired) electrons. The summed E-state index contributed by atoms with van der Waals surface area (Å²) < 4.78 is 1.83. The Hall–Kier alpha value is -2.77. The second kappa shape index (κ2) is 6.15. The summed E-state index contributed by atoms with van der Waals surface area (Å²) in [6.45, 7) is 3.99. The van der Waals surface area contributed by atoms with Gasteiger partial charge in [0.15, 0.2) is 5.82 Å². The molecule has 0 atom stereocenters. The molecule has 118 valence electrons. The van der Waals surface area contributed by atoms with Crippen molar-refractivity contribution in [1.82, 2.24) is 30.4 Å². The number of aryl methyl sites for hydroxylation is 2. The highest BCUT2D eigenvalue weighted by atomic mass is 15.3. The number of benzene rings is 1. The predicted molar refractivity (Wildman–Crippen MR) is 91.2 cm³/mol. The maximum Gasteiger partial charge on any atom is 0.200 e. The van der Waals surface area contributed by atoms with Crippen LogP contribution in [0.2, 0.25) is 0 Å². The first-order valence-electron chi connectivity index (χ1n) is 7.28. The standard InChI is InChI=1S/C15H13N5.CH6N2/c1-9-7-10(2)20(19-9)15-14-12(8-16-18-15)11-5-3-4-6-13(11)17-14;1-3-2/h3-8,17H,1-2H3;3H,2H2,1H3. The molecule has 0 amide bonds. The molecule has 0 aliphatic rings. The van der Waals surface area contributed by atoms with Gasteiger partial charge < -0.3 is 4.98 Å². The number of aromatic nitrogens is 5. The zero-order valence-electron chi connectivity index (χ0n) is 13.3. The Labute approximate surface area is 133 Å². The number of para-hydroxylation sites is 1. The van der Waals surface area contributed by atoms with Crippen LogP contribution in [0.4, 0.5) is 0 Å². The van der Waals surface area contributed by atoms with Gasteiger partial charge in [0.1, 0.15) is 0 Å². The van der Waals surface area contributed by atoms with E-state index in [4.69, 9.17) is 0 Å². The number of hydrogen-bond donors (Lipinski definition) is 3. The van der Waals surface area contributed by atoms with Gasteiger partial charge in [0.25, 0.3) is 0 Å². The molecule has 4 aromatic rings. The summed E-state index contributed by atoms with van der Waals surface area (Å²) in [6, 6.07) is 10.2. The van der Waals surface area contributed by atoms with Gasteiger partial charge in [-0.1, -0.05) is 18.2 Å². The van der Waals surface area contributed by atoms with Gasteiger partial charge in [0.2, 0.25) is 0 Å². The minimum Gasteiger partial charge on any atom is -0.351 e. The predicted octanol–water partition coefficient (Wildman–Crippen LogP) is 1.99. The van der Waals surface area contributed by atoms with E-state index in [1.165, 1.54) is 0 Å². The van der Waals surface area contributed by atoms with Crippen molar-refractivity contribution in [3.63, 3.8) is 0 Å². The summed E-state index contributed by atoms with van der Waals surface area (Å²) in [7, 11) is 1.65. The average molecular weight is 309 g/mol. The van der Waals surface area contributed by atoms with E-state index in [0.717, 1.165) is 39.0 Å². The third kappa shape index (κ3) is 2.67. The molecule has 7 nitrogen and oxygen atoms in total. The van der Waals surface area contributed by atoms with E-state index in [-0.39, 0.29) is 0 Å². The zero-order chi connectivity index (χ0) is 16.4. The van der Waals surface area contributed by atoms with Crippen molar-refractivity contribution in [2.24, 2.45) is 5.84 Å². The monoisotopic (exact) mass is 309 g/mol. The molecule has 4 rings (SSSR count). The Bertz CT molecular complexity index is 952. The van der Waals surface area contributed by atoms with Crippen molar-refractivity contribution in [1.29, 1.82) is 0 Å². The maximum absolute atomic E-state index is 4.60. The number of H-pyrrole nitrogens is 1. The van der Waals surface area contributed by atoms with Gasteiger partial charge in [0.05, 0.1) is 17.4 Å². The number of hydrogen-bond acceptors (Lipinski definition) is 5. The Morgan fingerprint density at radius 2 is 1.91 bits per heavy atom. The van der Waals surface area contributed by atoms with Crippen LogP contribution in [0.3, 0.4) is 0 Å². The molecule has 3 heterocycles. The first-order chi connectivity index (χ1) is 11.2. The molecule has 0 saturated heterocycles. The Kier molecular flexibility index (Phi) is 4.05. The molecule has 0 spiro atoms. The molecule has 3 aromatic heterocycles. The SMILES string of the molecule is CNN.Cc1cc(C)n(-c2nncc3c2[nH]c2ccccc23)n1. The highest BCUT2D eigenvalue weighted by Crippen LogP contribution is 2.27. The van der Waals surface area contributed by atoms with Crippen molar-refractivity contribution in [3.05, 3.63) is 47.9 Å². The molecular weight excluding hydrogens is 290 g/mol. The molecule has 0 saturated carbocycles. The van der Waals surface area contributed by atoms with Crippen molar-refractivity contribution in [2.45, 2.75) is 13.8 Å². The first-order valence-corrected chi connectivity index (χ1v) is 7.28. The summed E-state index contributed by atoms with van der Waals surface area (Å²) >= 11 is 0. The lowest BCUT2D eigenvalue weighted by Crippen LogP contribution is -2.13. The Morgan fingerprint density at radius 1 is 1.17 bits per heavy atom. The average Bonchev–Trinajstić information content (AvgIpc) is 3.07. The molecule has 0 aliphatic heterocycles. The molecule has 7 heteroatoms. The van der Waals surface area contributed by atoms with E-state index in [1.807, 2.05) is 36.7 Å². The Morgan fingerprint density at radius 3 is 2.61 bits per heavy atom. The molecule has 4 N–H and O–H groups in total. The second-order valence-corrected chi connectivity index (χ2v) is 5.26. The van der Waals surface area contributed by atoms with Crippen LogP contribution in [0.1, 0.15) is 11.4 Å². The highest BCUT2D eigenvalue weighted by molar-refractivity contribution is 6.08. The van der Waals surface area contributed by atoms with E-state index in [0.29, 0.717) is 0 Å². The molecule has 0 fully saturated rings. The summed E-state index contributed by atoms with van der Waals surface area (Å²) in [5.41, 5.74) is 6.31. The van der Waals surface area contributed by atoms with Gasteiger partial charge in [0, 0.05) is 22.0 Å². The fourth-order valence-electron chi connectivity index (χ4n) is 2.66. The number of nitrogens with one attached hydrogen (secondary N) is 2.